The molecule has 0 radical (unpaired) electrons. The molecule has 0 unspecified atom stereocenters. The van der Waals surface area contributed by atoms with Crippen LogP contribution in [-0.4, -0.2) is 55.8 Å². The molecule has 0 bridgehead atoms. The van der Waals surface area contributed by atoms with Crippen molar-refractivity contribution < 1.29 is 18.7 Å². The average molecular weight is 393 g/mol. The van der Waals surface area contributed by atoms with Crippen molar-refractivity contribution in [3.63, 3.8) is 0 Å². The third-order valence-corrected chi connectivity index (χ3v) is 4.85. The van der Waals surface area contributed by atoms with E-state index in [-0.39, 0.29) is 18.4 Å². The molecule has 1 atom stereocenters. The molecule has 6 nitrogen and oxygen atoms in total. The minimum absolute atomic E-state index is 0.00140. The van der Waals surface area contributed by atoms with Gasteiger partial charge in [0, 0.05) is 31.6 Å². The molecule has 7 heteroatoms. The molecule has 0 spiro atoms. The molecule has 27 heavy (non-hydrogen) atoms. The van der Waals surface area contributed by atoms with Crippen molar-refractivity contribution in [2.24, 2.45) is 0 Å². The zero-order chi connectivity index (χ0) is 19.1. The molecular weight excluding hydrogens is 368 g/mol. The van der Waals surface area contributed by atoms with Gasteiger partial charge in [0.25, 0.3) is 0 Å². The molecule has 1 aliphatic heterocycles. The highest BCUT2D eigenvalue weighted by molar-refractivity contribution is 6.30. The minimum atomic E-state index is 0.00140. The van der Waals surface area contributed by atoms with Crippen LogP contribution in [0, 0.1) is 0 Å². The van der Waals surface area contributed by atoms with Gasteiger partial charge in [-0.3, -0.25) is 4.79 Å². The van der Waals surface area contributed by atoms with Crippen LogP contribution in [0.3, 0.4) is 0 Å². The second-order valence-corrected chi connectivity index (χ2v) is 7.13. The first-order chi connectivity index (χ1) is 13.2. The number of methoxy groups -OCH3 is 1. The number of halogens is 1. The lowest BCUT2D eigenvalue weighted by molar-refractivity contribution is -0.137. The topological polar surface area (TPSA) is 64.8 Å². The molecular formula is C20H25ClN2O4. The summed E-state index contributed by atoms with van der Waals surface area (Å²) in [6.07, 6.45) is 4.31. The van der Waals surface area contributed by atoms with E-state index in [1.807, 2.05) is 29.2 Å². The van der Waals surface area contributed by atoms with E-state index in [2.05, 4.69) is 4.98 Å². The third-order valence-electron chi connectivity index (χ3n) is 4.62. The van der Waals surface area contributed by atoms with E-state index in [9.17, 15) is 4.79 Å². The maximum absolute atomic E-state index is 12.3. The Morgan fingerprint density at radius 1 is 1.41 bits per heavy atom. The SMILES string of the molecule is COCCOCC(=O)N1CCC[C@@H](c2ncc(Cc3cccc(Cl)c3)o2)C1. The van der Waals surface area contributed by atoms with Crippen LogP contribution in [0.25, 0.3) is 0 Å². The molecule has 1 aromatic carbocycles. The normalized spacial score (nSPS) is 17.3. The van der Waals surface area contributed by atoms with Gasteiger partial charge in [-0.05, 0) is 30.5 Å². The minimum Gasteiger partial charge on any atom is -0.445 e. The van der Waals surface area contributed by atoms with Gasteiger partial charge < -0.3 is 18.8 Å². The van der Waals surface area contributed by atoms with E-state index in [1.54, 1.807) is 13.3 Å². The molecule has 2 heterocycles. The molecule has 0 saturated carbocycles. The van der Waals surface area contributed by atoms with E-state index in [1.165, 1.54) is 0 Å². The van der Waals surface area contributed by atoms with Gasteiger partial charge in [0.15, 0.2) is 5.89 Å². The molecule has 0 N–H and O–H groups in total. The fourth-order valence-corrected chi connectivity index (χ4v) is 3.45. The molecule has 1 amide bonds. The lowest BCUT2D eigenvalue weighted by atomic mass is 9.98. The number of oxazole rings is 1. The predicted octanol–water partition coefficient (Wildman–Crippen LogP) is 3.29. The zero-order valence-corrected chi connectivity index (χ0v) is 16.3. The van der Waals surface area contributed by atoms with Crippen LogP contribution in [0.2, 0.25) is 5.02 Å². The van der Waals surface area contributed by atoms with E-state index < -0.39 is 0 Å². The first-order valence-electron chi connectivity index (χ1n) is 9.19. The molecule has 2 aromatic rings. The second kappa shape index (κ2) is 9.88. The molecule has 0 aliphatic carbocycles. The number of hydrogen-bond donors (Lipinski definition) is 0. The highest BCUT2D eigenvalue weighted by Crippen LogP contribution is 2.27. The maximum Gasteiger partial charge on any atom is 0.248 e. The third kappa shape index (κ3) is 5.79. The van der Waals surface area contributed by atoms with Crippen LogP contribution in [0.15, 0.2) is 34.9 Å². The number of rotatable bonds is 8. The van der Waals surface area contributed by atoms with Crippen molar-refractivity contribution in [3.8, 4) is 0 Å². The Morgan fingerprint density at radius 3 is 3.11 bits per heavy atom. The standard InChI is InChI=1S/C20H25ClN2O4/c1-25-8-9-26-14-19(24)23-7-3-5-16(13-23)20-22-12-18(27-20)11-15-4-2-6-17(21)10-15/h2,4,6,10,12,16H,3,5,7-9,11,13-14H2,1H3/t16-/m1/s1. The van der Waals surface area contributed by atoms with Gasteiger partial charge in [-0.2, -0.15) is 0 Å². The van der Waals surface area contributed by atoms with Crippen LogP contribution in [-0.2, 0) is 20.7 Å². The number of aromatic nitrogens is 1. The quantitative estimate of drug-likeness (QED) is 0.645. The van der Waals surface area contributed by atoms with Crippen LogP contribution < -0.4 is 0 Å². The summed E-state index contributed by atoms with van der Waals surface area (Å²) in [5.41, 5.74) is 1.08. The van der Waals surface area contributed by atoms with Gasteiger partial charge in [0.05, 0.1) is 25.3 Å². The zero-order valence-electron chi connectivity index (χ0n) is 15.5. The Bertz CT molecular complexity index is 749. The molecule has 1 saturated heterocycles. The molecule has 1 fully saturated rings. The first-order valence-corrected chi connectivity index (χ1v) is 9.57. The summed E-state index contributed by atoms with van der Waals surface area (Å²) in [6.45, 7) is 2.36. The van der Waals surface area contributed by atoms with Crippen molar-refractivity contribution in [2.75, 3.05) is 40.0 Å². The van der Waals surface area contributed by atoms with E-state index in [0.29, 0.717) is 37.1 Å². The Kier molecular flexibility index (Phi) is 7.26. The number of carbonyl (C=O) groups is 1. The van der Waals surface area contributed by atoms with Gasteiger partial charge >= 0.3 is 0 Å². The summed E-state index contributed by atoms with van der Waals surface area (Å²) in [6, 6.07) is 7.71. The molecule has 146 valence electrons. The molecule has 1 aliphatic rings. The number of amides is 1. The number of piperidine rings is 1. The van der Waals surface area contributed by atoms with Crippen LogP contribution in [0.1, 0.15) is 36.0 Å². The fraction of sp³-hybridized carbons (Fsp3) is 0.500. The average Bonchev–Trinajstić information content (AvgIpc) is 3.14. The molecule has 3 rings (SSSR count). The summed E-state index contributed by atoms with van der Waals surface area (Å²) in [5, 5.41) is 0.710. The van der Waals surface area contributed by atoms with Gasteiger partial charge in [0.1, 0.15) is 12.4 Å². The van der Waals surface area contributed by atoms with E-state index in [0.717, 1.165) is 30.7 Å². The highest BCUT2D eigenvalue weighted by Gasteiger charge is 2.27. The summed E-state index contributed by atoms with van der Waals surface area (Å²) in [5.74, 6) is 1.62. The van der Waals surface area contributed by atoms with Crippen LogP contribution >= 0.6 is 11.6 Å². The van der Waals surface area contributed by atoms with Crippen LogP contribution in [0.4, 0.5) is 0 Å². The van der Waals surface area contributed by atoms with Crippen molar-refractivity contribution >= 4 is 17.5 Å². The smallest absolute Gasteiger partial charge is 0.248 e. The van der Waals surface area contributed by atoms with Crippen molar-refractivity contribution in [2.45, 2.75) is 25.2 Å². The fourth-order valence-electron chi connectivity index (χ4n) is 3.24. The summed E-state index contributed by atoms with van der Waals surface area (Å²) in [4.78, 5) is 18.6. The number of carbonyl (C=O) groups excluding carboxylic acids is 1. The van der Waals surface area contributed by atoms with Crippen LogP contribution in [0.5, 0.6) is 0 Å². The number of benzene rings is 1. The first kappa shape index (κ1) is 19.9. The number of ether oxygens (including phenoxy) is 2. The highest BCUT2D eigenvalue weighted by atomic mass is 35.5. The maximum atomic E-state index is 12.3. The van der Waals surface area contributed by atoms with E-state index in [4.69, 9.17) is 25.5 Å². The van der Waals surface area contributed by atoms with Gasteiger partial charge in [-0.15, -0.1) is 0 Å². The lowest BCUT2D eigenvalue weighted by Crippen LogP contribution is -2.41. The number of nitrogens with zero attached hydrogens (tertiary/aromatic N) is 2. The summed E-state index contributed by atoms with van der Waals surface area (Å²) in [7, 11) is 1.61. The van der Waals surface area contributed by atoms with Crippen molar-refractivity contribution in [3.05, 3.63) is 52.7 Å². The Hall–Kier alpha value is -1.89. The van der Waals surface area contributed by atoms with Crippen molar-refractivity contribution in [1.29, 1.82) is 0 Å². The second-order valence-electron chi connectivity index (χ2n) is 6.70. The molecule has 1 aromatic heterocycles. The van der Waals surface area contributed by atoms with E-state index >= 15 is 0 Å². The van der Waals surface area contributed by atoms with Gasteiger partial charge in [0.2, 0.25) is 5.91 Å². The number of likely N-dealkylation sites (tertiary alicyclic amines) is 1. The monoisotopic (exact) mass is 392 g/mol. The predicted molar refractivity (Wildman–Crippen MR) is 102 cm³/mol. The van der Waals surface area contributed by atoms with Gasteiger partial charge in [-0.25, -0.2) is 4.98 Å². The number of hydrogen-bond acceptors (Lipinski definition) is 5. The Morgan fingerprint density at radius 2 is 2.30 bits per heavy atom. The summed E-state index contributed by atoms with van der Waals surface area (Å²) >= 11 is 6.04. The Balaban J connectivity index is 1.55. The largest absolute Gasteiger partial charge is 0.445 e. The van der Waals surface area contributed by atoms with Crippen molar-refractivity contribution in [1.82, 2.24) is 9.88 Å². The van der Waals surface area contributed by atoms with Gasteiger partial charge in [-0.1, -0.05) is 23.7 Å². The Labute approximate surface area is 164 Å². The summed E-state index contributed by atoms with van der Waals surface area (Å²) < 4.78 is 16.2. The lowest BCUT2D eigenvalue weighted by Gasteiger charge is -2.31.